The molecule has 0 radical (unpaired) electrons. The van der Waals surface area contributed by atoms with E-state index in [9.17, 15) is 38.4 Å². The molecule has 14 aromatic rings. The summed E-state index contributed by atoms with van der Waals surface area (Å²) in [6, 6.07) is 32.2. The van der Waals surface area contributed by atoms with Crippen molar-refractivity contribution in [3.63, 3.8) is 0 Å². The maximum Gasteiger partial charge on any atom is 0.335 e. The van der Waals surface area contributed by atoms with Crippen molar-refractivity contribution >= 4 is 170 Å². The average Bonchev–Trinajstić information content (AvgIpc) is 1.66. The lowest BCUT2D eigenvalue weighted by Crippen LogP contribution is -2.58. The van der Waals surface area contributed by atoms with E-state index in [1.165, 1.54) is 49.9 Å². The van der Waals surface area contributed by atoms with Gasteiger partial charge in [-0.15, -0.1) is 57.1 Å². The Balaban J connectivity index is 0.000000113. The molecular formula is C101H108N26O11S5. The highest BCUT2D eigenvalue weighted by molar-refractivity contribution is 7.98. The summed E-state index contributed by atoms with van der Waals surface area (Å²) in [6.07, 6.45) is 24.9. The fourth-order valence-electron chi connectivity index (χ4n) is 20.4. The predicted molar refractivity (Wildman–Crippen MR) is 558 cm³/mol. The molecule has 10 aliphatic heterocycles. The number of amides is 6. The largest absolute Gasteiger partial charge is 0.497 e. The second-order valence-electron chi connectivity index (χ2n) is 38.0. The topological polar surface area (TPSA) is 403 Å². The van der Waals surface area contributed by atoms with Crippen molar-refractivity contribution in [3.8, 4) is 21.8 Å². The fraction of sp³-hybridized carbons (Fsp3) is 0.366. The molecule has 143 heavy (non-hydrogen) atoms. The number of para-hydroxylation sites is 2. The van der Waals surface area contributed by atoms with Crippen LogP contribution in [0.3, 0.4) is 0 Å². The van der Waals surface area contributed by atoms with Gasteiger partial charge in [-0.1, -0.05) is 24.3 Å². The first kappa shape index (κ1) is 95.5. The zero-order valence-corrected chi connectivity index (χ0v) is 83.7. The first-order chi connectivity index (χ1) is 69.6. The van der Waals surface area contributed by atoms with Crippen LogP contribution in [-0.4, -0.2) is 232 Å². The summed E-state index contributed by atoms with van der Waals surface area (Å²) >= 11 is 6.71. The van der Waals surface area contributed by atoms with E-state index in [4.69, 9.17) is 14.2 Å². The number of anilines is 10. The van der Waals surface area contributed by atoms with E-state index in [0.29, 0.717) is 125 Å². The molecule has 0 unspecified atom stereocenters. The van der Waals surface area contributed by atoms with Gasteiger partial charge in [-0.2, -0.15) is 0 Å². The Kier molecular flexibility index (Phi) is 27.1. The van der Waals surface area contributed by atoms with Crippen molar-refractivity contribution < 1.29 is 43.0 Å². The lowest BCUT2D eigenvalue weighted by Gasteiger charge is -2.49. The van der Waals surface area contributed by atoms with Gasteiger partial charge in [0.1, 0.15) is 40.9 Å². The lowest BCUT2D eigenvalue weighted by molar-refractivity contribution is 0.0987. The molecule has 10 aliphatic rings. The Labute approximate surface area is 843 Å². The van der Waals surface area contributed by atoms with E-state index in [1.807, 2.05) is 97.3 Å². The molecule has 4 spiro atoms. The van der Waals surface area contributed by atoms with Gasteiger partial charge in [0.25, 0.3) is 35.4 Å². The molecule has 10 aromatic heterocycles. The number of piperidine rings is 4. The SMILES string of the molecule is COCCOc1ccc2c(c1)C(=O)N(c1nc(C(=O)Nc3cnccc3N3CCC4(CC3)CNC4)cs1)C2.COc1ccc2c(c1)n(C)c(=O)n2-c1nc(C(=O)Nc2cnccc2N2CCC3(CC2)CNC3)cs1.CSc1ccc2c(c1)C(=O)N(c1nc(C(=O)Nc3cnccc3N3CCC4(CC3)CNC4)cs1)C2.Cn1c(=O)n(-c2nc(C(=O)Nc3cnccc3N3CCC4(CC3)CNC4)cs2)c2ccccc21. The normalized spacial score (nSPS) is 17.6. The Bertz CT molecular complexity index is 7290. The Morgan fingerprint density at radius 2 is 0.741 bits per heavy atom. The number of fused-ring (bicyclic) bond motifs is 4. The molecule has 0 aliphatic carbocycles. The number of hydrogen-bond donors (Lipinski definition) is 8. The highest BCUT2D eigenvalue weighted by atomic mass is 32.2. The van der Waals surface area contributed by atoms with Crippen molar-refractivity contribution in [2.24, 2.45) is 35.8 Å². The Morgan fingerprint density at radius 1 is 0.399 bits per heavy atom. The number of thiazole rings is 4. The van der Waals surface area contributed by atoms with Crippen LogP contribution in [0.2, 0.25) is 0 Å². The molecule has 0 atom stereocenters. The van der Waals surface area contributed by atoms with Crippen LogP contribution in [-0.2, 0) is 31.9 Å². The van der Waals surface area contributed by atoms with Gasteiger partial charge in [-0.05, 0) is 163 Å². The fourth-order valence-corrected chi connectivity index (χ4v) is 24.0. The van der Waals surface area contributed by atoms with Crippen molar-refractivity contribution in [2.75, 3.05) is 189 Å². The first-order valence-electron chi connectivity index (χ1n) is 47.8. The molecule has 738 valence electrons. The molecular weight excluding hydrogens is 1910 g/mol. The maximum absolute atomic E-state index is 13.2. The van der Waals surface area contributed by atoms with Gasteiger partial charge < -0.3 is 76.3 Å². The van der Waals surface area contributed by atoms with Gasteiger partial charge in [0.15, 0.2) is 20.5 Å². The summed E-state index contributed by atoms with van der Waals surface area (Å²) in [7, 11) is 6.64. The van der Waals surface area contributed by atoms with E-state index in [0.717, 1.165) is 211 Å². The molecule has 4 aromatic carbocycles. The van der Waals surface area contributed by atoms with Crippen LogP contribution in [0.5, 0.6) is 11.5 Å². The van der Waals surface area contributed by atoms with Crippen molar-refractivity contribution in [3.05, 3.63) is 240 Å². The third kappa shape index (κ3) is 19.3. The van der Waals surface area contributed by atoms with Crippen LogP contribution in [0.15, 0.2) is 189 Å². The van der Waals surface area contributed by atoms with Gasteiger partial charge in [-0.3, -0.25) is 67.6 Å². The van der Waals surface area contributed by atoms with E-state index in [-0.39, 0.29) is 63.9 Å². The molecule has 20 heterocycles. The molecule has 6 amide bonds. The number of thioether (sulfide) groups is 1. The first-order valence-corrected chi connectivity index (χ1v) is 52.5. The third-order valence-electron chi connectivity index (χ3n) is 29.4. The van der Waals surface area contributed by atoms with E-state index in [2.05, 4.69) is 102 Å². The van der Waals surface area contributed by atoms with Gasteiger partial charge in [-0.25, -0.2) is 38.7 Å². The lowest BCUT2D eigenvalue weighted by atomic mass is 9.73. The Morgan fingerprint density at radius 3 is 1.10 bits per heavy atom. The number of benzene rings is 4. The number of nitrogens with zero attached hydrogens (tertiary/aromatic N) is 18. The number of ether oxygens (including phenoxy) is 3. The summed E-state index contributed by atoms with van der Waals surface area (Å²) in [5.74, 6) is -0.219. The van der Waals surface area contributed by atoms with Crippen LogP contribution in [0.4, 0.5) is 55.8 Å². The number of hydrogen-bond acceptors (Lipinski definition) is 32. The summed E-state index contributed by atoms with van der Waals surface area (Å²) in [5.41, 5.74) is 15.2. The summed E-state index contributed by atoms with van der Waals surface area (Å²) in [4.78, 5) is 153. The number of nitrogens with one attached hydrogen (secondary N) is 8. The quantitative estimate of drug-likeness (QED) is 0.0231. The smallest absolute Gasteiger partial charge is 0.335 e. The van der Waals surface area contributed by atoms with Gasteiger partial charge in [0, 0.05) is 194 Å². The predicted octanol–water partition coefficient (Wildman–Crippen LogP) is 12.3. The molecule has 42 heteroatoms. The highest BCUT2D eigenvalue weighted by Gasteiger charge is 2.45. The number of carbonyl (C=O) groups excluding carboxylic acids is 6. The second kappa shape index (κ2) is 40.6. The number of aryl methyl sites for hydroxylation is 2. The monoisotopic (exact) mass is 2020 g/mol. The number of rotatable bonds is 22. The van der Waals surface area contributed by atoms with Gasteiger partial charge in [0.05, 0.1) is 119 Å². The Hall–Kier alpha value is -13.7. The molecule has 8 saturated heterocycles. The minimum atomic E-state index is -0.335. The molecule has 8 N–H and O–H groups in total. The highest BCUT2D eigenvalue weighted by Crippen LogP contribution is 2.45. The average molecular weight is 2020 g/mol. The summed E-state index contributed by atoms with van der Waals surface area (Å²) in [6.45, 7) is 18.2. The van der Waals surface area contributed by atoms with Crippen molar-refractivity contribution in [1.29, 1.82) is 0 Å². The third-order valence-corrected chi connectivity index (χ3v) is 33.5. The zero-order valence-electron chi connectivity index (χ0n) is 79.6. The standard InChI is InChI=1S/C27H30N6O4S.C25H27N7O3S.C25H26N6O2S2.C24H25N7O2S/c1-36-10-11-37-19-3-2-18-14-33(25(35)20(18)12-19)26-31-22(15-38-26)24(34)30-21-13-28-7-4-23(21)32-8-5-27(6-9-32)16-29-17-27;1-30-21-11-16(35-2)3-4-20(21)32(24(30)34)23-29-18(13-36-23)22(33)28-17-12-26-8-5-19(17)31-9-6-25(7-10-31)14-27-15-25;1-34-17-3-2-16-12-31(23(33)18(16)10-17)24-29-20(13-35-24)22(32)28-19-11-26-7-4-21(19)30-8-5-25(6-9-30)14-27-15-25;1-29-19-4-2-3-5-20(19)31(23(29)33)22-28-17(13-34-22)21(32)27-16-12-25-9-6-18(16)30-10-7-24(8-11-30)14-26-15-24/h2-4,7,12-13,15,29H,5-6,8-11,14,16-17H2,1H3,(H,30,34);3-5,8,11-13,27H,6-7,9-10,14-15H2,1-2H3,(H,28,33);2-4,7,10-11,13,27H,5-6,8-9,12,14-15H2,1H3,(H,28,32);2-6,9,12-13,26H,7-8,10-11,14-15H2,1H3,(H,27,32). The molecule has 37 nitrogen and oxygen atoms in total. The van der Waals surface area contributed by atoms with E-state index >= 15 is 0 Å². The summed E-state index contributed by atoms with van der Waals surface area (Å²) < 4.78 is 22.2. The van der Waals surface area contributed by atoms with E-state index in [1.54, 1.807) is 147 Å². The maximum atomic E-state index is 13.2. The van der Waals surface area contributed by atoms with E-state index < -0.39 is 0 Å². The van der Waals surface area contributed by atoms with Gasteiger partial charge in [0.2, 0.25) is 0 Å². The minimum Gasteiger partial charge on any atom is -0.497 e. The molecule has 8 fully saturated rings. The number of carbonyl (C=O) groups is 6. The number of aromatic nitrogens is 12. The number of methoxy groups -OCH3 is 2. The van der Waals surface area contributed by atoms with Crippen LogP contribution < -0.4 is 92.8 Å². The van der Waals surface area contributed by atoms with Crippen LogP contribution >= 0.6 is 57.1 Å². The minimum absolute atomic E-state index is 0.0729. The zero-order chi connectivity index (χ0) is 98.3. The second-order valence-corrected chi connectivity index (χ2v) is 42.2. The van der Waals surface area contributed by atoms with Crippen LogP contribution in [0.1, 0.15) is 125 Å². The molecule has 0 saturated carbocycles. The molecule has 0 bridgehead atoms. The van der Waals surface area contributed by atoms with Gasteiger partial charge >= 0.3 is 11.4 Å². The summed E-state index contributed by atoms with van der Waals surface area (Å²) in [5, 5.41) is 34.2. The molecule has 24 rings (SSSR count). The number of imidazole rings is 2. The van der Waals surface area contributed by atoms with Crippen molar-refractivity contribution in [2.45, 2.75) is 69.4 Å². The van der Waals surface area contributed by atoms with Crippen LogP contribution in [0, 0.1) is 21.7 Å². The van der Waals surface area contributed by atoms with Crippen molar-refractivity contribution in [1.82, 2.24) is 79.4 Å². The van der Waals surface area contributed by atoms with Crippen LogP contribution in [0.25, 0.3) is 32.3 Å². The number of pyridine rings is 4.